The number of carboxylic acids is 1. The highest BCUT2D eigenvalue weighted by molar-refractivity contribution is 8.06. The summed E-state index contributed by atoms with van der Waals surface area (Å²) < 4.78 is 3.23. The molecule has 17 heteroatoms. The number of β-lactam (4-membered cyclic amide) rings is 1. The van der Waals surface area contributed by atoms with E-state index in [1.54, 1.807) is 12.3 Å². The van der Waals surface area contributed by atoms with Crippen LogP contribution in [0.1, 0.15) is 5.82 Å². The summed E-state index contributed by atoms with van der Waals surface area (Å²) in [4.78, 5) is 57.6. The van der Waals surface area contributed by atoms with Gasteiger partial charge >= 0.3 is 5.97 Å². The number of thioether (sulfide) groups is 2. The smallest absolute Gasteiger partial charge is 0.322 e. The first-order chi connectivity index (χ1) is 16.8. The number of rotatable bonds is 7. The molecule has 13 nitrogen and oxygen atoms in total. The van der Waals surface area contributed by atoms with Gasteiger partial charge in [0.05, 0.1) is 0 Å². The average Bonchev–Trinajstić information content (AvgIpc) is 3.45. The Morgan fingerprint density at radius 3 is 2.94 bits per heavy atom. The van der Waals surface area contributed by atoms with Gasteiger partial charge in [-0.25, -0.2) is 9.97 Å². The molecule has 0 aliphatic carbocycles. The van der Waals surface area contributed by atoms with Crippen molar-refractivity contribution in [1.29, 1.82) is 0 Å². The molecule has 0 aromatic carbocycles. The van der Waals surface area contributed by atoms with E-state index in [0.29, 0.717) is 14.7 Å². The van der Waals surface area contributed by atoms with Crippen LogP contribution in [0, 0.1) is 0 Å². The monoisotopic (exact) mass is 552 g/mol. The third-order valence-corrected chi connectivity index (χ3v) is 9.84. The molecule has 0 bridgehead atoms. The molecular formula is C18H16N8O5S4. The first-order valence-corrected chi connectivity index (χ1v) is 13.3. The van der Waals surface area contributed by atoms with Gasteiger partial charge in [-0.15, -0.1) is 11.8 Å². The van der Waals surface area contributed by atoms with Gasteiger partial charge in [0.25, 0.3) is 5.91 Å². The molecule has 5 rings (SSSR count). The van der Waals surface area contributed by atoms with Crippen LogP contribution in [0.3, 0.4) is 0 Å². The molecule has 182 valence electrons. The lowest BCUT2D eigenvalue weighted by molar-refractivity contribution is -0.151. The van der Waals surface area contributed by atoms with Crippen molar-refractivity contribution < 1.29 is 24.3 Å². The number of aliphatic carboxylic acids is 1. The Bertz CT molecular complexity index is 1330. The summed E-state index contributed by atoms with van der Waals surface area (Å²) in [6.07, 6.45) is 1.65. The van der Waals surface area contributed by atoms with Crippen molar-refractivity contribution in [1.82, 2.24) is 29.5 Å². The predicted octanol–water partition coefficient (Wildman–Crippen LogP) is 0.491. The van der Waals surface area contributed by atoms with Crippen molar-refractivity contribution in [2.24, 2.45) is 5.16 Å². The first kappa shape index (κ1) is 23.7. The standard InChI is InChI=1S/C18H16N8O5S4/c1-31-24-8(10-23-16(19)35-25-10)11(27)22-9-13(28)26-5-18(15(29)30,6-32-14(9)26)34-17-21-7-3-2-4-20-12(7)33-17/h2-4,9,14H,5-6H2,1H3,(H,22,27)(H,29,30)(H2,19,23,25)/t9?,14-,18?/m1/s1. The Morgan fingerprint density at radius 1 is 1.43 bits per heavy atom. The van der Waals surface area contributed by atoms with E-state index >= 15 is 0 Å². The number of carboxylic acid groups (broad SMARTS) is 1. The highest BCUT2D eigenvalue weighted by atomic mass is 32.2. The van der Waals surface area contributed by atoms with Gasteiger partial charge in [0.1, 0.15) is 33.6 Å². The molecular weight excluding hydrogens is 537 g/mol. The molecule has 2 amide bonds. The maximum Gasteiger partial charge on any atom is 0.322 e. The van der Waals surface area contributed by atoms with Crippen molar-refractivity contribution in [2.45, 2.75) is 20.5 Å². The van der Waals surface area contributed by atoms with Crippen molar-refractivity contribution in [2.75, 3.05) is 25.1 Å². The number of carbonyl (C=O) groups excluding carboxylic acids is 2. The Hall–Kier alpha value is -3.02. The zero-order valence-electron chi connectivity index (χ0n) is 17.8. The highest BCUT2D eigenvalue weighted by Gasteiger charge is 2.58. The zero-order valence-corrected chi connectivity index (χ0v) is 21.0. The number of amides is 2. The number of aromatic nitrogens is 4. The van der Waals surface area contributed by atoms with Crippen LogP contribution in [0.25, 0.3) is 10.3 Å². The van der Waals surface area contributed by atoms with Crippen LogP contribution < -0.4 is 11.1 Å². The SMILES string of the molecule is CON=C(C(=O)NC1C(=O)N2CC(Sc3nc4cccnc4s3)(C(=O)O)CS[C@H]12)c1nsc(N)n1. The minimum atomic E-state index is -1.29. The minimum Gasteiger partial charge on any atom is -0.480 e. The summed E-state index contributed by atoms with van der Waals surface area (Å²) in [5.74, 6) is -1.94. The first-order valence-electron chi connectivity index (χ1n) is 9.89. The summed E-state index contributed by atoms with van der Waals surface area (Å²) in [6.45, 7) is -0.0254. The lowest BCUT2D eigenvalue weighted by Crippen LogP contribution is -2.74. The Kier molecular flexibility index (Phi) is 6.24. The molecule has 0 radical (unpaired) electrons. The van der Waals surface area contributed by atoms with Crippen molar-refractivity contribution >= 4 is 85.4 Å². The van der Waals surface area contributed by atoms with Crippen LogP contribution in [0.5, 0.6) is 0 Å². The second-order valence-electron chi connectivity index (χ2n) is 7.41. The van der Waals surface area contributed by atoms with Crippen LogP contribution in [0.2, 0.25) is 0 Å². The largest absolute Gasteiger partial charge is 0.480 e. The summed E-state index contributed by atoms with van der Waals surface area (Å²) >= 11 is 4.60. The van der Waals surface area contributed by atoms with Crippen molar-refractivity contribution in [3.05, 3.63) is 24.2 Å². The van der Waals surface area contributed by atoms with Gasteiger partial charge in [-0.3, -0.25) is 14.4 Å². The molecule has 35 heavy (non-hydrogen) atoms. The van der Waals surface area contributed by atoms with Gasteiger partial charge in [0.15, 0.2) is 9.47 Å². The second-order valence-corrected chi connectivity index (χ2v) is 11.9. The van der Waals surface area contributed by atoms with Crippen LogP contribution >= 0.6 is 46.4 Å². The van der Waals surface area contributed by atoms with Gasteiger partial charge in [-0.2, -0.15) is 9.36 Å². The van der Waals surface area contributed by atoms with Gasteiger partial charge in [0.2, 0.25) is 17.4 Å². The third kappa shape index (κ3) is 4.28. The van der Waals surface area contributed by atoms with Gasteiger partial charge in [-0.05, 0) is 12.1 Å². The fourth-order valence-electron chi connectivity index (χ4n) is 3.56. The number of anilines is 1. The molecule has 2 unspecified atom stereocenters. The van der Waals surface area contributed by atoms with E-state index in [-0.39, 0.29) is 29.0 Å². The molecule has 3 aromatic heterocycles. The maximum absolute atomic E-state index is 12.9. The number of nitrogens with one attached hydrogen (secondary N) is 1. The van der Waals surface area contributed by atoms with E-state index in [1.165, 1.54) is 35.1 Å². The second kappa shape index (κ2) is 9.21. The van der Waals surface area contributed by atoms with Crippen molar-refractivity contribution in [3.63, 3.8) is 0 Å². The Balaban J connectivity index is 1.30. The van der Waals surface area contributed by atoms with Gasteiger partial charge in [-0.1, -0.05) is 28.3 Å². The molecule has 2 saturated heterocycles. The number of carbonyl (C=O) groups is 3. The van der Waals surface area contributed by atoms with E-state index < -0.39 is 33.9 Å². The number of oxime groups is 1. The number of thiazole rings is 1. The molecule has 2 aliphatic heterocycles. The molecule has 5 heterocycles. The number of pyridine rings is 1. The van der Waals surface area contributed by atoms with Crippen LogP contribution in [-0.2, 0) is 19.2 Å². The number of nitrogens with zero attached hydrogens (tertiary/aromatic N) is 6. The van der Waals surface area contributed by atoms with Gasteiger partial charge in [0, 0.05) is 30.0 Å². The fourth-order valence-corrected chi connectivity index (χ4v) is 8.12. The van der Waals surface area contributed by atoms with Crippen LogP contribution in [-0.4, -0.2) is 88.4 Å². The average molecular weight is 553 g/mol. The molecule has 2 fully saturated rings. The van der Waals surface area contributed by atoms with Crippen LogP contribution in [0.15, 0.2) is 27.8 Å². The quantitative estimate of drug-likeness (QED) is 0.210. The Morgan fingerprint density at radius 2 is 2.26 bits per heavy atom. The zero-order chi connectivity index (χ0) is 24.7. The van der Waals surface area contributed by atoms with Crippen LogP contribution in [0.4, 0.5) is 5.13 Å². The van der Waals surface area contributed by atoms with Gasteiger partial charge < -0.3 is 25.9 Å². The number of hydrogen-bond donors (Lipinski definition) is 3. The highest BCUT2D eigenvalue weighted by Crippen LogP contribution is 2.47. The minimum absolute atomic E-state index is 0.0154. The molecule has 4 N–H and O–H groups in total. The number of nitrogen functional groups attached to an aromatic ring is 1. The molecule has 0 saturated carbocycles. The number of nitrogens with two attached hydrogens (primary N) is 1. The number of fused-ring (bicyclic) bond motifs is 2. The van der Waals surface area contributed by atoms with E-state index in [9.17, 15) is 19.5 Å². The van der Waals surface area contributed by atoms with E-state index in [4.69, 9.17) is 10.6 Å². The molecule has 3 aromatic rings. The summed E-state index contributed by atoms with van der Waals surface area (Å²) in [7, 11) is 1.26. The normalized spacial score (nSPS) is 24.1. The van der Waals surface area contributed by atoms with E-state index in [2.05, 4.69) is 29.8 Å². The van der Waals surface area contributed by atoms with Crippen molar-refractivity contribution in [3.8, 4) is 0 Å². The summed E-state index contributed by atoms with van der Waals surface area (Å²) in [6, 6.07) is 2.72. The molecule has 2 aliphatic rings. The van der Waals surface area contributed by atoms with E-state index in [0.717, 1.165) is 23.3 Å². The number of hydrogen-bond acceptors (Lipinski definition) is 14. The summed E-state index contributed by atoms with van der Waals surface area (Å²) in [5.41, 5.74) is 6.06. The lowest BCUT2D eigenvalue weighted by Gasteiger charge is -2.53. The summed E-state index contributed by atoms with van der Waals surface area (Å²) in [5, 5.41) is 16.1. The predicted molar refractivity (Wildman–Crippen MR) is 131 cm³/mol. The Labute approximate surface area is 213 Å². The maximum atomic E-state index is 12.9. The fraction of sp³-hybridized carbons (Fsp3) is 0.333. The molecule has 3 atom stereocenters. The molecule has 0 spiro atoms. The van der Waals surface area contributed by atoms with E-state index in [1.807, 2.05) is 6.07 Å². The lowest BCUT2D eigenvalue weighted by atomic mass is 10.0. The third-order valence-electron chi connectivity index (χ3n) is 5.21. The topological polar surface area (TPSA) is 186 Å².